The zero-order chi connectivity index (χ0) is 23.6. The number of carbonyl (C=O) groups is 2. The summed E-state index contributed by atoms with van der Waals surface area (Å²) in [6, 6.07) is 8.99. The Hall–Kier alpha value is -2.00. The lowest BCUT2D eigenvalue weighted by Crippen LogP contribution is -2.45. The Balaban J connectivity index is 1.92. The topological polar surface area (TPSA) is 83.1 Å². The predicted octanol–water partition coefficient (Wildman–Crippen LogP) is 4.58. The van der Waals surface area contributed by atoms with Crippen molar-refractivity contribution in [2.75, 3.05) is 19.8 Å². The largest absolute Gasteiger partial charge is 0.445 e. The Morgan fingerprint density at radius 1 is 1.19 bits per heavy atom. The van der Waals surface area contributed by atoms with Crippen LogP contribution >= 0.6 is 0 Å². The van der Waals surface area contributed by atoms with E-state index < -0.39 is 20.5 Å². The van der Waals surface area contributed by atoms with Crippen LogP contribution in [-0.2, 0) is 30.0 Å². The van der Waals surface area contributed by atoms with E-state index in [0.29, 0.717) is 26.1 Å². The van der Waals surface area contributed by atoms with E-state index in [-0.39, 0.29) is 30.3 Å². The van der Waals surface area contributed by atoms with Crippen LogP contribution in [0.2, 0.25) is 18.1 Å². The number of rotatable bonds is 11. The van der Waals surface area contributed by atoms with Crippen molar-refractivity contribution in [3.05, 3.63) is 48.0 Å². The van der Waals surface area contributed by atoms with E-state index in [1.807, 2.05) is 30.3 Å². The molecule has 0 aromatic heterocycles. The molecule has 0 bridgehead atoms. The fraction of sp³-hybridized carbons (Fsp3) is 0.583. The summed E-state index contributed by atoms with van der Waals surface area (Å²) in [4.78, 5) is 24.7. The highest BCUT2D eigenvalue weighted by atomic mass is 28.4. The lowest BCUT2D eigenvalue weighted by molar-refractivity contribution is -0.117. The first-order chi connectivity index (χ1) is 15.1. The summed E-state index contributed by atoms with van der Waals surface area (Å²) in [6.45, 7) is 12.3. The first kappa shape index (κ1) is 26.3. The van der Waals surface area contributed by atoms with Gasteiger partial charge in [0.1, 0.15) is 6.61 Å². The third kappa shape index (κ3) is 9.24. The van der Waals surface area contributed by atoms with E-state index in [2.05, 4.69) is 39.2 Å². The SMILES string of the molecule is CC(C)(C)[Si](C)(C)OC[C@H](/C=C/C(=O)CCC1OCCO1)NC(=O)OCc1ccccc1. The maximum absolute atomic E-state index is 12.4. The monoisotopic (exact) mass is 463 g/mol. The zero-order valence-electron chi connectivity index (χ0n) is 19.9. The molecule has 0 spiro atoms. The maximum Gasteiger partial charge on any atom is 0.408 e. The van der Waals surface area contributed by atoms with E-state index in [0.717, 1.165) is 5.56 Å². The number of hydrogen-bond donors (Lipinski definition) is 1. The lowest BCUT2D eigenvalue weighted by atomic mass is 10.2. The van der Waals surface area contributed by atoms with Gasteiger partial charge in [-0.05, 0) is 29.8 Å². The molecule has 0 aliphatic carbocycles. The van der Waals surface area contributed by atoms with Crippen LogP contribution < -0.4 is 5.32 Å². The summed E-state index contributed by atoms with van der Waals surface area (Å²) in [5.41, 5.74) is 0.902. The summed E-state index contributed by atoms with van der Waals surface area (Å²) in [6.07, 6.45) is 3.14. The molecule has 1 heterocycles. The highest BCUT2D eigenvalue weighted by Gasteiger charge is 2.37. The van der Waals surface area contributed by atoms with Gasteiger partial charge in [0.05, 0.1) is 25.9 Å². The molecule has 0 saturated carbocycles. The number of ether oxygens (including phenoxy) is 3. The Morgan fingerprint density at radius 3 is 2.47 bits per heavy atom. The Bertz CT molecular complexity index is 754. The summed E-state index contributed by atoms with van der Waals surface area (Å²) in [7, 11) is -2.02. The van der Waals surface area contributed by atoms with Gasteiger partial charge < -0.3 is 24.0 Å². The summed E-state index contributed by atoms with van der Waals surface area (Å²) >= 11 is 0. The number of hydrogen-bond acceptors (Lipinski definition) is 6. The Kier molecular flexibility index (Phi) is 10.1. The number of ketones is 1. The van der Waals surface area contributed by atoms with Gasteiger partial charge in [-0.15, -0.1) is 0 Å². The molecule has 178 valence electrons. The molecular weight excluding hydrogens is 426 g/mol. The Morgan fingerprint density at radius 2 is 1.84 bits per heavy atom. The van der Waals surface area contributed by atoms with E-state index in [1.165, 1.54) is 6.08 Å². The first-order valence-electron chi connectivity index (χ1n) is 11.1. The number of benzene rings is 1. The van der Waals surface area contributed by atoms with Crippen LogP contribution in [0.1, 0.15) is 39.2 Å². The number of allylic oxidation sites excluding steroid dienone is 1. The van der Waals surface area contributed by atoms with Crippen LogP contribution in [-0.4, -0.2) is 52.3 Å². The third-order valence-corrected chi connectivity index (χ3v) is 10.3. The fourth-order valence-corrected chi connectivity index (χ4v) is 3.75. The van der Waals surface area contributed by atoms with Crippen molar-refractivity contribution < 1.29 is 28.2 Å². The summed E-state index contributed by atoms with van der Waals surface area (Å²) < 4.78 is 22.3. The second kappa shape index (κ2) is 12.3. The molecule has 1 saturated heterocycles. The van der Waals surface area contributed by atoms with Gasteiger partial charge in [-0.2, -0.15) is 0 Å². The normalized spacial score (nSPS) is 16.3. The van der Waals surface area contributed by atoms with Gasteiger partial charge >= 0.3 is 6.09 Å². The second-order valence-electron chi connectivity index (χ2n) is 9.42. The van der Waals surface area contributed by atoms with Crippen molar-refractivity contribution >= 4 is 20.2 Å². The Labute approximate surface area is 192 Å². The number of alkyl carbamates (subject to hydrolysis) is 1. The van der Waals surface area contributed by atoms with Gasteiger partial charge in [0.25, 0.3) is 0 Å². The van der Waals surface area contributed by atoms with Gasteiger partial charge in [0, 0.05) is 12.8 Å². The third-order valence-electron chi connectivity index (χ3n) is 5.78. The van der Waals surface area contributed by atoms with Gasteiger partial charge in [0.15, 0.2) is 20.4 Å². The molecule has 1 N–H and O–H groups in total. The molecule has 1 atom stereocenters. The van der Waals surface area contributed by atoms with Crippen LogP contribution in [0.25, 0.3) is 0 Å². The molecule has 1 aromatic carbocycles. The van der Waals surface area contributed by atoms with Crippen molar-refractivity contribution in [2.24, 2.45) is 0 Å². The molecule has 1 aliphatic heterocycles. The first-order valence-corrected chi connectivity index (χ1v) is 14.0. The van der Waals surface area contributed by atoms with E-state index in [9.17, 15) is 9.59 Å². The van der Waals surface area contributed by atoms with Crippen LogP contribution in [0.5, 0.6) is 0 Å². The quantitative estimate of drug-likeness (QED) is 0.382. The standard InChI is InChI=1S/C24H37NO6Si/c1-24(2,3)32(4,5)31-18-20(11-12-21(26)13-14-22-28-15-16-29-22)25-23(27)30-17-19-9-7-6-8-10-19/h6-12,20,22H,13-18H2,1-5H3,(H,25,27)/b12-11+/t20-/m0/s1. The van der Waals surface area contributed by atoms with Crippen molar-refractivity contribution in [3.63, 3.8) is 0 Å². The smallest absolute Gasteiger partial charge is 0.408 e. The van der Waals surface area contributed by atoms with Crippen molar-refractivity contribution in [1.82, 2.24) is 5.32 Å². The van der Waals surface area contributed by atoms with E-state index >= 15 is 0 Å². The highest BCUT2D eigenvalue weighted by Crippen LogP contribution is 2.36. The van der Waals surface area contributed by atoms with Crippen LogP contribution in [0, 0.1) is 0 Å². The maximum atomic E-state index is 12.4. The molecule has 0 radical (unpaired) electrons. The van der Waals surface area contributed by atoms with Gasteiger partial charge in [-0.25, -0.2) is 4.79 Å². The zero-order valence-corrected chi connectivity index (χ0v) is 20.9. The second-order valence-corrected chi connectivity index (χ2v) is 14.2. The fourth-order valence-electron chi connectivity index (χ4n) is 2.72. The van der Waals surface area contributed by atoms with Gasteiger partial charge in [0.2, 0.25) is 0 Å². The number of nitrogens with one attached hydrogen (secondary N) is 1. The van der Waals surface area contributed by atoms with Crippen LogP contribution in [0.3, 0.4) is 0 Å². The molecule has 0 unspecified atom stereocenters. The molecule has 1 aromatic rings. The van der Waals surface area contributed by atoms with Crippen molar-refractivity contribution in [2.45, 2.75) is 70.7 Å². The van der Waals surface area contributed by atoms with Crippen LogP contribution in [0.4, 0.5) is 4.79 Å². The minimum atomic E-state index is -2.02. The predicted molar refractivity (Wildman–Crippen MR) is 126 cm³/mol. The molecule has 8 heteroatoms. The molecule has 32 heavy (non-hydrogen) atoms. The van der Waals surface area contributed by atoms with Crippen molar-refractivity contribution in [3.8, 4) is 0 Å². The number of amides is 1. The van der Waals surface area contributed by atoms with Crippen molar-refractivity contribution in [1.29, 1.82) is 0 Å². The molecular formula is C24H37NO6Si. The molecule has 1 fully saturated rings. The lowest BCUT2D eigenvalue weighted by Gasteiger charge is -2.37. The highest BCUT2D eigenvalue weighted by molar-refractivity contribution is 6.74. The van der Waals surface area contributed by atoms with E-state index in [4.69, 9.17) is 18.6 Å². The molecule has 7 nitrogen and oxygen atoms in total. The van der Waals surface area contributed by atoms with Gasteiger partial charge in [-0.1, -0.05) is 57.2 Å². The van der Waals surface area contributed by atoms with Gasteiger partial charge in [-0.3, -0.25) is 4.79 Å². The molecule has 1 aliphatic rings. The summed E-state index contributed by atoms with van der Waals surface area (Å²) in [5.74, 6) is -0.0547. The average molecular weight is 464 g/mol. The molecule has 2 rings (SSSR count). The van der Waals surface area contributed by atoms with E-state index in [1.54, 1.807) is 6.08 Å². The minimum Gasteiger partial charge on any atom is -0.445 e. The van der Waals surface area contributed by atoms with Crippen LogP contribution in [0.15, 0.2) is 42.5 Å². The number of carbonyl (C=O) groups excluding carboxylic acids is 2. The minimum absolute atomic E-state index is 0.0339. The summed E-state index contributed by atoms with van der Waals surface area (Å²) in [5, 5.41) is 2.85. The average Bonchev–Trinajstić information content (AvgIpc) is 3.26. The molecule has 1 amide bonds.